The largest absolute Gasteiger partial charge is 0.488 e. The second-order valence-corrected chi connectivity index (χ2v) is 7.31. The smallest absolute Gasteiger partial charge is 0.191 e. The number of hydrogen-bond acceptors (Lipinski definition) is 4. The lowest BCUT2D eigenvalue weighted by Gasteiger charge is -2.16. The van der Waals surface area contributed by atoms with E-state index < -0.39 is 0 Å². The van der Waals surface area contributed by atoms with Crippen LogP contribution in [0.2, 0.25) is 0 Å². The van der Waals surface area contributed by atoms with Gasteiger partial charge >= 0.3 is 0 Å². The molecule has 1 aliphatic heterocycles. The Hall–Kier alpha value is -1.06. The van der Waals surface area contributed by atoms with Gasteiger partial charge in [-0.1, -0.05) is 26.0 Å². The summed E-state index contributed by atoms with van der Waals surface area (Å²) < 4.78 is 17.2. The third-order valence-electron chi connectivity index (χ3n) is 4.15. The summed E-state index contributed by atoms with van der Waals surface area (Å²) in [6.07, 6.45) is 1.08. The summed E-state index contributed by atoms with van der Waals surface area (Å²) in [5.74, 6) is 2.25. The number of aliphatic imine (C=N–C) groups is 1. The van der Waals surface area contributed by atoms with Crippen LogP contribution in [0, 0.1) is 12.8 Å². The molecule has 2 N–H and O–H groups in total. The SMILES string of the molecule is CCNC(=NCc1ccc(C)cc1OC1CCOC1)NCCOCC(C)C.I. The predicted octanol–water partition coefficient (Wildman–Crippen LogP) is 3.51. The van der Waals surface area contributed by atoms with Crippen molar-refractivity contribution < 1.29 is 14.2 Å². The molecular weight excluding hydrogens is 469 g/mol. The molecule has 1 unspecified atom stereocenters. The van der Waals surface area contributed by atoms with E-state index in [4.69, 9.17) is 19.2 Å². The van der Waals surface area contributed by atoms with E-state index in [1.165, 1.54) is 5.56 Å². The number of aryl methyl sites for hydroxylation is 1. The lowest BCUT2D eigenvalue weighted by Crippen LogP contribution is -2.39. The van der Waals surface area contributed by atoms with Crippen molar-refractivity contribution in [1.29, 1.82) is 0 Å². The molecule has 0 saturated carbocycles. The minimum Gasteiger partial charge on any atom is -0.488 e. The molecule has 2 rings (SSSR count). The van der Waals surface area contributed by atoms with Gasteiger partial charge in [-0.3, -0.25) is 0 Å². The molecule has 1 saturated heterocycles. The van der Waals surface area contributed by atoms with Crippen LogP contribution in [-0.2, 0) is 16.0 Å². The number of hydrogen-bond donors (Lipinski definition) is 2. The Labute approximate surface area is 186 Å². The summed E-state index contributed by atoms with van der Waals surface area (Å²) in [6, 6.07) is 6.28. The van der Waals surface area contributed by atoms with Crippen LogP contribution < -0.4 is 15.4 Å². The van der Waals surface area contributed by atoms with Crippen molar-refractivity contribution in [2.45, 2.75) is 46.8 Å². The van der Waals surface area contributed by atoms with Gasteiger partial charge in [-0.05, 0) is 31.4 Å². The van der Waals surface area contributed by atoms with Crippen LogP contribution in [-0.4, -0.2) is 51.6 Å². The number of guanidine groups is 1. The number of nitrogens with one attached hydrogen (secondary N) is 2. The van der Waals surface area contributed by atoms with E-state index in [0.29, 0.717) is 25.7 Å². The van der Waals surface area contributed by atoms with Gasteiger partial charge in [0, 0.05) is 31.7 Å². The van der Waals surface area contributed by atoms with Crippen LogP contribution in [0.5, 0.6) is 5.75 Å². The van der Waals surface area contributed by atoms with E-state index in [9.17, 15) is 0 Å². The van der Waals surface area contributed by atoms with Crippen LogP contribution >= 0.6 is 24.0 Å². The zero-order chi connectivity index (χ0) is 19.5. The third kappa shape index (κ3) is 9.43. The summed E-state index contributed by atoms with van der Waals surface area (Å²) in [7, 11) is 0. The molecule has 1 atom stereocenters. The number of benzene rings is 1. The Morgan fingerprint density at radius 3 is 2.82 bits per heavy atom. The average molecular weight is 505 g/mol. The van der Waals surface area contributed by atoms with Crippen LogP contribution in [0.3, 0.4) is 0 Å². The van der Waals surface area contributed by atoms with Crippen LogP contribution in [0.4, 0.5) is 0 Å². The highest BCUT2D eigenvalue weighted by Crippen LogP contribution is 2.24. The minimum absolute atomic E-state index is 0. The van der Waals surface area contributed by atoms with Crippen molar-refractivity contribution in [1.82, 2.24) is 10.6 Å². The van der Waals surface area contributed by atoms with Crippen LogP contribution in [0.25, 0.3) is 0 Å². The molecule has 0 aromatic heterocycles. The highest BCUT2D eigenvalue weighted by atomic mass is 127. The van der Waals surface area contributed by atoms with Crippen molar-refractivity contribution in [3.05, 3.63) is 29.3 Å². The fourth-order valence-electron chi connectivity index (χ4n) is 2.75. The Bertz CT molecular complexity index is 590. The molecular formula is C21H36IN3O3. The molecule has 160 valence electrons. The molecule has 1 aromatic carbocycles. The molecule has 1 aliphatic rings. The van der Waals surface area contributed by atoms with Crippen molar-refractivity contribution >= 4 is 29.9 Å². The van der Waals surface area contributed by atoms with Crippen molar-refractivity contribution in [3.63, 3.8) is 0 Å². The van der Waals surface area contributed by atoms with E-state index in [0.717, 1.165) is 50.0 Å². The van der Waals surface area contributed by atoms with Crippen LogP contribution in [0.1, 0.15) is 38.3 Å². The molecule has 0 aliphatic carbocycles. The summed E-state index contributed by atoms with van der Waals surface area (Å²) in [6.45, 7) is 13.4. The van der Waals surface area contributed by atoms with E-state index in [-0.39, 0.29) is 30.1 Å². The van der Waals surface area contributed by atoms with E-state index in [2.05, 4.69) is 56.5 Å². The molecule has 6 nitrogen and oxygen atoms in total. The fourth-order valence-corrected chi connectivity index (χ4v) is 2.75. The average Bonchev–Trinajstić information content (AvgIpc) is 3.13. The quantitative estimate of drug-likeness (QED) is 0.221. The van der Waals surface area contributed by atoms with Gasteiger partial charge in [0.05, 0.1) is 26.4 Å². The van der Waals surface area contributed by atoms with E-state index >= 15 is 0 Å². The van der Waals surface area contributed by atoms with Gasteiger partial charge in [0.15, 0.2) is 5.96 Å². The number of nitrogens with zero attached hydrogens (tertiary/aromatic N) is 1. The van der Waals surface area contributed by atoms with Gasteiger partial charge in [-0.15, -0.1) is 24.0 Å². The maximum Gasteiger partial charge on any atom is 0.191 e. The van der Waals surface area contributed by atoms with Crippen molar-refractivity contribution in [2.24, 2.45) is 10.9 Å². The Balaban J connectivity index is 0.00000392. The first-order valence-electron chi connectivity index (χ1n) is 10.0. The normalized spacial score (nSPS) is 16.8. The number of halogens is 1. The van der Waals surface area contributed by atoms with Gasteiger partial charge < -0.3 is 24.8 Å². The zero-order valence-electron chi connectivity index (χ0n) is 17.6. The lowest BCUT2D eigenvalue weighted by atomic mass is 10.1. The van der Waals surface area contributed by atoms with Gasteiger partial charge in [-0.2, -0.15) is 0 Å². The molecule has 0 amide bonds. The highest BCUT2D eigenvalue weighted by molar-refractivity contribution is 14.0. The summed E-state index contributed by atoms with van der Waals surface area (Å²) in [4.78, 5) is 4.71. The van der Waals surface area contributed by atoms with Gasteiger partial charge in [0.2, 0.25) is 0 Å². The molecule has 0 bridgehead atoms. The van der Waals surface area contributed by atoms with Crippen molar-refractivity contribution in [2.75, 3.05) is 39.5 Å². The second kappa shape index (κ2) is 14.0. The summed E-state index contributed by atoms with van der Waals surface area (Å²) in [5.41, 5.74) is 2.27. The first kappa shape index (κ1) is 25.0. The Kier molecular flexibility index (Phi) is 12.5. The molecule has 1 heterocycles. The standard InChI is InChI=1S/C21H35N3O3.HI/c1-5-22-21(23-9-11-26-14-16(2)3)24-13-18-7-6-17(4)12-20(18)27-19-8-10-25-15-19;/h6-7,12,16,19H,5,8-11,13-15H2,1-4H3,(H2,22,23,24);1H. The van der Waals surface area contributed by atoms with Gasteiger partial charge in [0.1, 0.15) is 11.9 Å². The lowest BCUT2D eigenvalue weighted by molar-refractivity contribution is 0.114. The van der Waals surface area contributed by atoms with Gasteiger partial charge in [-0.25, -0.2) is 4.99 Å². The summed E-state index contributed by atoms with van der Waals surface area (Å²) >= 11 is 0. The first-order valence-corrected chi connectivity index (χ1v) is 10.0. The number of ether oxygens (including phenoxy) is 3. The van der Waals surface area contributed by atoms with E-state index in [1.54, 1.807) is 0 Å². The maximum absolute atomic E-state index is 6.16. The highest BCUT2D eigenvalue weighted by Gasteiger charge is 2.18. The second-order valence-electron chi connectivity index (χ2n) is 7.31. The predicted molar refractivity (Wildman–Crippen MR) is 125 cm³/mol. The van der Waals surface area contributed by atoms with Gasteiger partial charge in [0.25, 0.3) is 0 Å². The Morgan fingerprint density at radius 1 is 1.32 bits per heavy atom. The third-order valence-corrected chi connectivity index (χ3v) is 4.15. The minimum atomic E-state index is 0. The fraction of sp³-hybridized carbons (Fsp3) is 0.667. The zero-order valence-corrected chi connectivity index (χ0v) is 20.0. The molecule has 0 radical (unpaired) electrons. The monoisotopic (exact) mass is 505 g/mol. The maximum atomic E-state index is 6.16. The van der Waals surface area contributed by atoms with E-state index in [1.807, 2.05) is 0 Å². The van der Waals surface area contributed by atoms with Crippen LogP contribution in [0.15, 0.2) is 23.2 Å². The topological polar surface area (TPSA) is 64.1 Å². The molecule has 0 spiro atoms. The molecule has 7 heteroatoms. The van der Waals surface area contributed by atoms with Crippen molar-refractivity contribution in [3.8, 4) is 5.75 Å². The molecule has 1 fully saturated rings. The molecule has 28 heavy (non-hydrogen) atoms. The molecule has 1 aromatic rings. The Morgan fingerprint density at radius 2 is 2.14 bits per heavy atom. The number of rotatable bonds is 10. The first-order chi connectivity index (χ1) is 13.1. The summed E-state index contributed by atoms with van der Waals surface area (Å²) in [5, 5.41) is 6.60.